The molecule has 0 atom stereocenters. The molecule has 2 aromatic heterocycles. The van der Waals surface area contributed by atoms with Crippen LogP contribution in [0.2, 0.25) is 0 Å². The van der Waals surface area contributed by atoms with Gasteiger partial charge in [0.15, 0.2) is 5.82 Å². The molecule has 0 saturated carbocycles. The number of esters is 1. The molecule has 2 aromatic rings. The third kappa shape index (κ3) is 3.45. The number of carbonyl (C=O) groups is 1. The second-order valence-corrected chi connectivity index (χ2v) is 7.47. The molecular formula is C17H21FN2O3S. The molecule has 0 fully saturated rings. The molecule has 7 heteroatoms. The summed E-state index contributed by atoms with van der Waals surface area (Å²) in [6, 6.07) is 1.16. The minimum absolute atomic E-state index is 0.0773. The van der Waals surface area contributed by atoms with Crippen molar-refractivity contribution in [3.8, 4) is 0 Å². The average molecular weight is 352 g/mol. The summed E-state index contributed by atoms with van der Waals surface area (Å²) in [6.07, 6.45) is 1.45. The Kier molecular flexibility index (Phi) is 5.32. The van der Waals surface area contributed by atoms with E-state index in [0.29, 0.717) is 11.4 Å². The van der Waals surface area contributed by atoms with E-state index >= 15 is 0 Å². The zero-order valence-electron chi connectivity index (χ0n) is 14.5. The van der Waals surface area contributed by atoms with Crippen LogP contribution in [-0.4, -0.2) is 27.9 Å². The van der Waals surface area contributed by atoms with Gasteiger partial charge in [-0.05, 0) is 39.5 Å². The van der Waals surface area contributed by atoms with Gasteiger partial charge in [-0.1, -0.05) is 6.92 Å². The number of carbonyl (C=O) groups excluding carboxylic acids is 1. The quantitative estimate of drug-likeness (QED) is 0.622. The van der Waals surface area contributed by atoms with Gasteiger partial charge in [0.2, 0.25) is 5.43 Å². The van der Waals surface area contributed by atoms with Gasteiger partial charge in [-0.25, -0.2) is 14.2 Å². The maximum absolute atomic E-state index is 14.2. The average Bonchev–Trinajstić information content (AvgIpc) is 2.48. The molecule has 2 rings (SSSR count). The van der Waals surface area contributed by atoms with Crippen LogP contribution in [0.25, 0.3) is 11.0 Å². The molecular weight excluding hydrogens is 331 g/mol. The number of pyridine rings is 2. The lowest BCUT2D eigenvalue weighted by Gasteiger charge is -2.25. The fourth-order valence-electron chi connectivity index (χ4n) is 2.31. The zero-order valence-corrected chi connectivity index (χ0v) is 15.3. The lowest BCUT2D eigenvalue weighted by molar-refractivity contribution is 0.0524. The maximum Gasteiger partial charge on any atom is 0.343 e. The molecule has 0 aromatic carbocycles. The Morgan fingerprint density at radius 1 is 1.38 bits per heavy atom. The van der Waals surface area contributed by atoms with Crippen LogP contribution in [0.15, 0.2) is 22.1 Å². The molecule has 0 saturated heterocycles. The minimum atomic E-state index is -0.713. The number of ether oxygens (including phenoxy) is 1. The van der Waals surface area contributed by atoms with Gasteiger partial charge in [-0.15, -0.1) is 11.8 Å². The van der Waals surface area contributed by atoms with Crippen molar-refractivity contribution in [2.45, 2.75) is 45.2 Å². The van der Waals surface area contributed by atoms with Gasteiger partial charge in [0.05, 0.1) is 12.0 Å². The summed E-state index contributed by atoms with van der Waals surface area (Å²) in [7, 11) is 0. The van der Waals surface area contributed by atoms with E-state index in [1.165, 1.54) is 18.0 Å². The monoisotopic (exact) mass is 352 g/mol. The van der Waals surface area contributed by atoms with E-state index in [4.69, 9.17) is 4.74 Å². The molecule has 130 valence electrons. The second-order valence-electron chi connectivity index (χ2n) is 6.21. The first-order valence-electron chi connectivity index (χ1n) is 7.77. The van der Waals surface area contributed by atoms with Gasteiger partial charge in [-0.2, -0.15) is 0 Å². The smallest absolute Gasteiger partial charge is 0.343 e. The summed E-state index contributed by atoms with van der Waals surface area (Å²) in [4.78, 5) is 29.0. The van der Waals surface area contributed by atoms with Gasteiger partial charge in [-0.3, -0.25) is 4.79 Å². The highest BCUT2D eigenvalue weighted by atomic mass is 32.2. The highest BCUT2D eigenvalue weighted by Crippen LogP contribution is 2.26. The van der Waals surface area contributed by atoms with Crippen LogP contribution in [0, 0.1) is 5.82 Å². The number of hydrogen-bond acceptors (Lipinski definition) is 5. The first-order chi connectivity index (χ1) is 11.2. The van der Waals surface area contributed by atoms with E-state index in [2.05, 4.69) is 4.98 Å². The largest absolute Gasteiger partial charge is 0.462 e. The predicted octanol–water partition coefficient (Wildman–Crippen LogP) is 3.58. The number of fused-ring (bicyclic) bond motifs is 1. The third-order valence-corrected chi connectivity index (χ3v) is 4.25. The van der Waals surface area contributed by atoms with Crippen molar-refractivity contribution in [3.63, 3.8) is 0 Å². The number of rotatable bonds is 4. The van der Waals surface area contributed by atoms with E-state index in [-0.39, 0.29) is 22.6 Å². The van der Waals surface area contributed by atoms with Gasteiger partial charge in [0.1, 0.15) is 16.2 Å². The summed E-state index contributed by atoms with van der Waals surface area (Å²) >= 11 is 1.27. The van der Waals surface area contributed by atoms with Crippen molar-refractivity contribution in [3.05, 3.63) is 33.9 Å². The normalized spacial score (nSPS) is 11.8. The number of hydrogen-bond donors (Lipinski definition) is 0. The molecule has 2 heterocycles. The lowest BCUT2D eigenvalue weighted by Crippen LogP contribution is -2.29. The van der Waals surface area contributed by atoms with Gasteiger partial charge >= 0.3 is 5.97 Å². The summed E-state index contributed by atoms with van der Waals surface area (Å²) in [6.45, 7) is 9.48. The molecule has 0 aliphatic carbocycles. The molecule has 0 amide bonds. The standard InChI is InChI=1S/C17H21FN2O3S/c1-6-23-16(22)11-9-20(17(3,4)5)14-10(13(11)21)8-12(18)15(19-14)24-7-2/h8-9H,6-7H2,1-5H3. The van der Waals surface area contributed by atoms with Crippen molar-refractivity contribution < 1.29 is 13.9 Å². The highest BCUT2D eigenvalue weighted by molar-refractivity contribution is 7.99. The lowest BCUT2D eigenvalue weighted by atomic mass is 10.1. The van der Waals surface area contributed by atoms with Crippen LogP contribution < -0.4 is 5.43 Å². The Morgan fingerprint density at radius 2 is 2.04 bits per heavy atom. The molecule has 24 heavy (non-hydrogen) atoms. The van der Waals surface area contributed by atoms with Crippen molar-refractivity contribution in [2.75, 3.05) is 12.4 Å². The van der Waals surface area contributed by atoms with E-state index in [0.717, 1.165) is 6.07 Å². The Bertz CT molecular complexity index is 840. The second kappa shape index (κ2) is 6.93. The Balaban J connectivity index is 2.87. The summed E-state index contributed by atoms with van der Waals surface area (Å²) in [5.74, 6) is -0.612. The van der Waals surface area contributed by atoms with Gasteiger partial charge in [0.25, 0.3) is 0 Å². The zero-order chi connectivity index (χ0) is 18.1. The van der Waals surface area contributed by atoms with Gasteiger partial charge < -0.3 is 9.30 Å². The summed E-state index contributed by atoms with van der Waals surface area (Å²) in [5, 5.41) is 0.319. The van der Waals surface area contributed by atoms with E-state index < -0.39 is 22.8 Å². The molecule has 0 aliphatic rings. The van der Waals surface area contributed by atoms with Crippen molar-refractivity contribution in [1.82, 2.24) is 9.55 Å². The number of aromatic nitrogens is 2. The SMILES string of the molecule is CCOC(=O)c1cn(C(C)(C)C)c2nc(SCC)c(F)cc2c1=O. The molecule has 5 nitrogen and oxygen atoms in total. The Labute approximate surface area is 144 Å². The first kappa shape index (κ1) is 18.4. The summed E-state index contributed by atoms with van der Waals surface area (Å²) in [5.41, 5.74) is -0.774. The van der Waals surface area contributed by atoms with Crippen LogP contribution >= 0.6 is 11.8 Å². The first-order valence-corrected chi connectivity index (χ1v) is 8.75. The van der Waals surface area contributed by atoms with Crippen LogP contribution in [0.1, 0.15) is 45.0 Å². The van der Waals surface area contributed by atoms with Crippen molar-refractivity contribution >= 4 is 28.8 Å². The van der Waals surface area contributed by atoms with Crippen molar-refractivity contribution in [2.24, 2.45) is 0 Å². The fraction of sp³-hybridized carbons (Fsp3) is 0.471. The molecule has 0 aliphatic heterocycles. The topological polar surface area (TPSA) is 61.2 Å². The van der Waals surface area contributed by atoms with Crippen LogP contribution in [0.4, 0.5) is 4.39 Å². The van der Waals surface area contributed by atoms with Crippen LogP contribution in [0.5, 0.6) is 0 Å². The Hall–Kier alpha value is -1.89. The van der Waals surface area contributed by atoms with Crippen LogP contribution in [-0.2, 0) is 10.3 Å². The number of halogens is 1. The number of thioether (sulfide) groups is 1. The summed E-state index contributed by atoms with van der Waals surface area (Å²) < 4.78 is 20.9. The Morgan fingerprint density at radius 3 is 2.58 bits per heavy atom. The molecule has 0 bridgehead atoms. The van der Waals surface area contributed by atoms with E-state index in [9.17, 15) is 14.0 Å². The fourth-order valence-corrected chi connectivity index (χ4v) is 2.93. The molecule has 0 N–H and O–H groups in total. The third-order valence-electron chi connectivity index (χ3n) is 3.40. The van der Waals surface area contributed by atoms with Gasteiger partial charge in [0, 0.05) is 11.7 Å². The molecule has 0 spiro atoms. The minimum Gasteiger partial charge on any atom is -0.462 e. The molecule has 0 unspecified atom stereocenters. The maximum atomic E-state index is 14.2. The van der Waals surface area contributed by atoms with E-state index in [1.807, 2.05) is 27.7 Å². The predicted molar refractivity (Wildman–Crippen MR) is 93.3 cm³/mol. The molecule has 0 radical (unpaired) electrons. The van der Waals surface area contributed by atoms with E-state index in [1.54, 1.807) is 11.5 Å². The highest BCUT2D eigenvalue weighted by Gasteiger charge is 2.24. The van der Waals surface area contributed by atoms with Crippen LogP contribution in [0.3, 0.4) is 0 Å². The number of nitrogens with zero attached hydrogens (tertiary/aromatic N) is 2. The van der Waals surface area contributed by atoms with Crippen molar-refractivity contribution in [1.29, 1.82) is 0 Å².